The quantitative estimate of drug-likeness (QED) is 0.941. The molecule has 0 aromatic heterocycles. The molecular formula is C15H10F3NO2. The van der Waals surface area contributed by atoms with Gasteiger partial charge >= 0.3 is 6.36 Å². The van der Waals surface area contributed by atoms with Crippen LogP contribution in [0.1, 0.15) is 22.8 Å². The molecule has 6 heteroatoms. The highest BCUT2D eigenvalue weighted by Crippen LogP contribution is 2.28. The van der Waals surface area contributed by atoms with Crippen LogP contribution in [0.25, 0.3) is 0 Å². The highest BCUT2D eigenvalue weighted by atomic mass is 19.4. The molecule has 0 aliphatic carbocycles. The number of nitrogens with zero attached hydrogens (tertiary/aromatic N) is 1. The summed E-state index contributed by atoms with van der Waals surface area (Å²) in [7, 11) is 0. The molecule has 1 unspecified atom stereocenters. The second-order valence-electron chi connectivity index (χ2n) is 4.26. The lowest BCUT2D eigenvalue weighted by Crippen LogP contribution is -2.17. The van der Waals surface area contributed by atoms with Crippen molar-refractivity contribution in [1.82, 2.24) is 0 Å². The second-order valence-corrected chi connectivity index (χ2v) is 4.26. The van der Waals surface area contributed by atoms with Crippen LogP contribution in [0.3, 0.4) is 0 Å². The van der Waals surface area contributed by atoms with E-state index in [1.807, 2.05) is 6.07 Å². The van der Waals surface area contributed by atoms with Gasteiger partial charge in [-0.1, -0.05) is 24.3 Å². The first-order chi connectivity index (χ1) is 9.89. The summed E-state index contributed by atoms with van der Waals surface area (Å²) in [6.07, 6.45) is -5.88. The molecule has 2 rings (SSSR count). The van der Waals surface area contributed by atoms with Crippen LogP contribution in [0, 0.1) is 11.3 Å². The van der Waals surface area contributed by atoms with Crippen molar-refractivity contribution in [3.8, 4) is 11.8 Å². The lowest BCUT2D eigenvalue weighted by Gasteiger charge is -2.14. The molecule has 108 valence electrons. The lowest BCUT2D eigenvalue weighted by molar-refractivity contribution is -0.274. The van der Waals surface area contributed by atoms with Crippen molar-refractivity contribution in [2.75, 3.05) is 0 Å². The lowest BCUT2D eigenvalue weighted by atomic mass is 10.0. The fraction of sp³-hybridized carbons (Fsp3) is 0.133. The molecule has 0 spiro atoms. The smallest absolute Gasteiger partial charge is 0.406 e. The monoisotopic (exact) mass is 293 g/mol. The molecule has 3 nitrogen and oxygen atoms in total. The Morgan fingerprint density at radius 3 is 2.29 bits per heavy atom. The van der Waals surface area contributed by atoms with Gasteiger partial charge in [-0.3, -0.25) is 0 Å². The van der Waals surface area contributed by atoms with Crippen LogP contribution in [-0.2, 0) is 0 Å². The molecule has 2 aromatic carbocycles. The van der Waals surface area contributed by atoms with Crippen LogP contribution in [0.15, 0.2) is 48.5 Å². The van der Waals surface area contributed by atoms with Crippen molar-refractivity contribution in [1.29, 1.82) is 5.26 Å². The molecule has 0 aliphatic heterocycles. The summed E-state index contributed by atoms with van der Waals surface area (Å²) in [4.78, 5) is 0. The van der Waals surface area contributed by atoms with Crippen LogP contribution in [0.4, 0.5) is 13.2 Å². The molecule has 1 atom stereocenters. The number of hydrogen-bond acceptors (Lipinski definition) is 3. The highest BCUT2D eigenvalue weighted by molar-refractivity contribution is 5.38. The summed E-state index contributed by atoms with van der Waals surface area (Å²) in [5.41, 5.74) is 1.17. The number of alkyl halides is 3. The Hall–Kier alpha value is -2.52. The van der Waals surface area contributed by atoms with E-state index in [0.717, 1.165) is 12.1 Å². The van der Waals surface area contributed by atoms with Gasteiger partial charge in [0.05, 0.1) is 11.6 Å². The van der Waals surface area contributed by atoms with Crippen molar-refractivity contribution < 1.29 is 23.0 Å². The zero-order valence-electron chi connectivity index (χ0n) is 10.6. The number of nitriles is 1. The molecule has 0 aliphatic rings. The number of rotatable bonds is 3. The van der Waals surface area contributed by atoms with Gasteiger partial charge in [-0.15, -0.1) is 13.2 Å². The third-order valence-electron chi connectivity index (χ3n) is 2.76. The Labute approximate surface area is 118 Å². The maximum absolute atomic E-state index is 12.2. The highest BCUT2D eigenvalue weighted by Gasteiger charge is 2.31. The summed E-state index contributed by atoms with van der Waals surface area (Å²) < 4.78 is 40.3. The molecule has 2 aromatic rings. The summed E-state index contributed by atoms with van der Waals surface area (Å²) in [5, 5.41) is 18.9. The summed E-state index contributed by atoms with van der Waals surface area (Å²) in [6.45, 7) is 0. The first-order valence-electron chi connectivity index (χ1n) is 5.93. The van der Waals surface area contributed by atoms with E-state index >= 15 is 0 Å². The molecule has 0 saturated carbocycles. The molecule has 0 radical (unpaired) electrons. The first-order valence-corrected chi connectivity index (χ1v) is 5.93. The Balaban J connectivity index is 2.24. The molecular weight excluding hydrogens is 283 g/mol. The maximum atomic E-state index is 12.2. The summed E-state index contributed by atoms with van der Waals surface area (Å²) in [6, 6.07) is 13.2. The number of hydrogen-bond donors (Lipinski definition) is 1. The Morgan fingerprint density at radius 1 is 1.05 bits per heavy atom. The molecule has 1 N–H and O–H groups in total. The fourth-order valence-electron chi connectivity index (χ4n) is 1.81. The third kappa shape index (κ3) is 3.97. The molecule has 0 amide bonds. The van der Waals surface area contributed by atoms with Crippen molar-refractivity contribution in [3.05, 3.63) is 65.2 Å². The zero-order valence-corrected chi connectivity index (χ0v) is 10.6. The van der Waals surface area contributed by atoms with Gasteiger partial charge in [0.25, 0.3) is 0 Å². The van der Waals surface area contributed by atoms with E-state index in [1.165, 1.54) is 24.3 Å². The van der Waals surface area contributed by atoms with E-state index in [4.69, 9.17) is 5.26 Å². The first kappa shape index (κ1) is 14.9. The Bertz CT molecular complexity index is 660. The predicted octanol–water partition coefficient (Wildman–Crippen LogP) is 3.54. The summed E-state index contributed by atoms with van der Waals surface area (Å²) >= 11 is 0. The number of ether oxygens (including phenoxy) is 1. The minimum Gasteiger partial charge on any atom is -0.406 e. The van der Waals surface area contributed by atoms with Crippen LogP contribution in [0.2, 0.25) is 0 Å². The van der Waals surface area contributed by atoms with Crippen LogP contribution >= 0.6 is 0 Å². The standard InChI is InChI=1S/C15H10F3NO2/c16-15(17,18)21-13-3-1-2-12(8-13)14(20)11-6-4-10(9-19)5-7-11/h1-8,14,20H. The van der Waals surface area contributed by atoms with Gasteiger partial charge in [0.2, 0.25) is 0 Å². The SMILES string of the molecule is N#Cc1ccc(C(O)c2cccc(OC(F)(F)F)c2)cc1. The average Bonchev–Trinajstić information content (AvgIpc) is 2.45. The van der Waals surface area contributed by atoms with Gasteiger partial charge < -0.3 is 9.84 Å². The maximum Gasteiger partial charge on any atom is 0.573 e. The van der Waals surface area contributed by atoms with E-state index < -0.39 is 18.2 Å². The molecule has 0 fully saturated rings. The van der Waals surface area contributed by atoms with E-state index in [-0.39, 0.29) is 5.56 Å². The molecule has 0 saturated heterocycles. The van der Waals surface area contributed by atoms with Gasteiger partial charge in [-0.05, 0) is 35.4 Å². The topological polar surface area (TPSA) is 53.2 Å². The second kappa shape index (κ2) is 5.85. The molecule has 0 bridgehead atoms. The van der Waals surface area contributed by atoms with Crippen LogP contribution in [-0.4, -0.2) is 11.5 Å². The predicted molar refractivity (Wildman–Crippen MR) is 68.3 cm³/mol. The normalized spacial score (nSPS) is 12.5. The van der Waals surface area contributed by atoms with E-state index in [9.17, 15) is 18.3 Å². The zero-order chi connectivity index (χ0) is 15.5. The van der Waals surface area contributed by atoms with E-state index in [1.54, 1.807) is 12.1 Å². The molecule has 0 heterocycles. The van der Waals surface area contributed by atoms with Gasteiger partial charge in [0.1, 0.15) is 11.9 Å². The van der Waals surface area contributed by atoms with Gasteiger partial charge in [-0.25, -0.2) is 0 Å². The van der Waals surface area contributed by atoms with E-state index in [2.05, 4.69) is 4.74 Å². The molecule has 21 heavy (non-hydrogen) atoms. The summed E-state index contributed by atoms with van der Waals surface area (Å²) in [5.74, 6) is -0.396. The Kier molecular flexibility index (Phi) is 4.15. The number of aliphatic hydroxyl groups is 1. The third-order valence-corrected chi connectivity index (χ3v) is 2.76. The number of halogens is 3. The van der Waals surface area contributed by atoms with Crippen molar-refractivity contribution in [2.24, 2.45) is 0 Å². The largest absolute Gasteiger partial charge is 0.573 e. The van der Waals surface area contributed by atoms with Crippen molar-refractivity contribution in [3.63, 3.8) is 0 Å². The number of aliphatic hydroxyl groups excluding tert-OH is 1. The van der Waals surface area contributed by atoms with Gasteiger partial charge in [0, 0.05) is 0 Å². The van der Waals surface area contributed by atoms with Gasteiger partial charge in [0.15, 0.2) is 0 Å². The minimum atomic E-state index is -4.78. The van der Waals surface area contributed by atoms with Crippen LogP contribution < -0.4 is 4.74 Å². The average molecular weight is 293 g/mol. The van der Waals surface area contributed by atoms with Crippen molar-refractivity contribution in [2.45, 2.75) is 12.5 Å². The van der Waals surface area contributed by atoms with Crippen molar-refractivity contribution >= 4 is 0 Å². The Morgan fingerprint density at radius 2 is 1.71 bits per heavy atom. The van der Waals surface area contributed by atoms with E-state index in [0.29, 0.717) is 11.1 Å². The van der Waals surface area contributed by atoms with Crippen LogP contribution in [0.5, 0.6) is 5.75 Å². The van der Waals surface area contributed by atoms with Gasteiger partial charge in [-0.2, -0.15) is 5.26 Å². The number of benzene rings is 2. The minimum absolute atomic E-state index is 0.265. The fourth-order valence-corrected chi connectivity index (χ4v) is 1.81.